The largest absolute Gasteiger partial charge is 0.135 e. The minimum Gasteiger partial charge on any atom is -0.135 e. The zero-order valence-corrected chi connectivity index (χ0v) is 38.5. The summed E-state index contributed by atoms with van der Waals surface area (Å²) < 4.78 is 1.28. The monoisotopic (exact) mass is 842 g/mol. The number of benzene rings is 7. The SMILES string of the molecule is C=C/C(C)=C\C=C/C.C=Cc1sc2ccc(-c3ccc(Cc4ccccc4)c(-c4c(C)c5c(c6ccccc46)C=C=C5)c3)cc2c1/C=C\Cc1ccc2c(c1)C(C)(C)c1ccccc1-2. The Bertz CT molecular complexity index is 3270. The van der Waals surface area contributed by atoms with Gasteiger partial charge in [-0.3, -0.25) is 0 Å². The fraction of sp³-hybridized carbons (Fsp3) is 0.127. The molecule has 2 aliphatic carbocycles. The van der Waals surface area contributed by atoms with Gasteiger partial charge in [0, 0.05) is 20.4 Å². The highest BCUT2D eigenvalue weighted by atomic mass is 32.1. The lowest BCUT2D eigenvalue weighted by atomic mass is 9.82. The number of allylic oxidation sites excluding steroid dienone is 6. The van der Waals surface area contributed by atoms with Crippen LogP contribution < -0.4 is 0 Å². The van der Waals surface area contributed by atoms with Crippen molar-refractivity contribution in [1.29, 1.82) is 0 Å². The third-order valence-electron chi connectivity index (χ3n) is 13.1. The standard InChI is InChI=1S/C55H42S.C8H12/c1-5-52-46(23-13-17-37-25-29-45-44-19-11-12-24-50(44)55(3,4)51(45)32-37)49-34-39(28-30-53(49)56-52)38-26-27-40(31-36-15-7-6-8-16-36)48(33-38)54-35(2)41-21-14-22-42(41)43-18-9-10-20-47(43)54;1-4-6-7-8(3)5-2/h5-13,15-16,18-30,32-34H,1,17,31H2,2-4H3;4-7H,2H2,1,3H3/b23-13-;6-4-,8-7-. The molecule has 0 spiro atoms. The summed E-state index contributed by atoms with van der Waals surface area (Å²) in [5, 5.41) is 3.84. The van der Waals surface area contributed by atoms with Gasteiger partial charge < -0.3 is 0 Å². The zero-order valence-electron chi connectivity index (χ0n) is 37.6. The highest BCUT2D eigenvalue weighted by molar-refractivity contribution is 7.20. The molecule has 1 aromatic heterocycles. The molecule has 0 bridgehead atoms. The normalized spacial score (nSPS) is 13.4. The minimum atomic E-state index is 0.00181. The summed E-state index contributed by atoms with van der Waals surface area (Å²) in [5.74, 6) is 0. The fourth-order valence-corrected chi connectivity index (χ4v) is 10.6. The number of thiophene rings is 1. The first kappa shape index (κ1) is 42.3. The third-order valence-corrected chi connectivity index (χ3v) is 14.2. The van der Waals surface area contributed by atoms with Crippen molar-refractivity contribution in [1.82, 2.24) is 0 Å². The molecule has 0 saturated heterocycles. The summed E-state index contributed by atoms with van der Waals surface area (Å²) in [4.78, 5) is 1.21. The van der Waals surface area contributed by atoms with Gasteiger partial charge in [-0.25, -0.2) is 0 Å². The molecule has 10 rings (SSSR count). The van der Waals surface area contributed by atoms with Gasteiger partial charge in [-0.05, 0) is 158 Å². The molecule has 0 fully saturated rings. The maximum absolute atomic E-state index is 4.22. The van der Waals surface area contributed by atoms with E-state index in [0.29, 0.717) is 0 Å². The molecule has 312 valence electrons. The molecule has 0 radical (unpaired) electrons. The molecular formula is C63H54S. The first-order chi connectivity index (χ1) is 31.2. The van der Waals surface area contributed by atoms with Crippen LogP contribution in [0.2, 0.25) is 0 Å². The molecule has 0 saturated carbocycles. The van der Waals surface area contributed by atoms with Crippen LogP contribution in [0.4, 0.5) is 0 Å². The first-order valence-electron chi connectivity index (χ1n) is 22.4. The van der Waals surface area contributed by atoms with Crippen LogP contribution in [-0.4, -0.2) is 0 Å². The molecule has 0 nitrogen and oxygen atoms in total. The Morgan fingerprint density at radius 2 is 1.41 bits per heavy atom. The predicted molar refractivity (Wildman–Crippen MR) is 282 cm³/mol. The zero-order chi connectivity index (χ0) is 44.4. The van der Waals surface area contributed by atoms with E-state index < -0.39 is 0 Å². The van der Waals surface area contributed by atoms with Crippen molar-refractivity contribution < 1.29 is 0 Å². The molecule has 1 heterocycles. The van der Waals surface area contributed by atoms with Crippen molar-refractivity contribution >= 4 is 56.5 Å². The average Bonchev–Trinajstić information content (AvgIpc) is 4.03. The van der Waals surface area contributed by atoms with Crippen LogP contribution in [0.15, 0.2) is 188 Å². The van der Waals surface area contributed by atoms with Crippen LogP contribution >= 0.6 is 11.3 Å². The molecule has 7 aromatic carbocycles. The van der Waals surface area contributed by atoms with E-state index in [0.717, 1.165) is 12.8 Å². The molecule has 1 heteroatoms. The highest BCUT2D eigenvalue weighted by Crippen LogP contribution is 2.49. The molecule has 0 aliphatic heterocycles. The maximum atomic E-state index is 4.22. The Hall–Kier alpha value is -7.02. The van der Waals surface area contributed by atoms with E-state index >= 15 is 0 Å². The molecule has 64 heavy (non-hydrogen) atoms. The number of fused-ring (bicyclic) bond motifs is 7. The summed E-state index contributed by atoms with van der Waals surface area (Å²) in [6.07, 6.45) is 20.5. The van der Waals surface area contributed by atoms with Crippen molar-refractivity contribution in [3.05, 3.63) is 243 Å². The molecular weight excluding hydrogens is 789 g/mol. The smallest absolute Gasteiger partial charge is 0.0355 e. The van der Waals surface area contributed by atoms with Gasteiger partial charge in [0.15, 0.2) is 0 Å². The molecule has 0 N–H and O–H groups in total. The second-order valence-electron chi connectivity index (χ2n) is 17.5. The van der Waals surface area contributed by atoms with Crippen molar-refractivity contribution in [3.63, 3.8) is 0 Å². The van der Waals surface area contributed by atoms with Crippen LogP contribution in [0.5, 0.6) is 0 Å². The van der Waals surface area contributed by atoms with E-state index in [1.54, 1.807) is 0 Å². The number of hydrogen-bond donors (Lipinski definition) is 0. The van der Waals surface area contributed by atoms with Gasteiger partial charge >= 0.3 is 0 Å². The first-order valence-corrected chi connectivity index (χ1v) is 23.2. The lowest BCUT2D eigenvalue weighted by Gasteiger charge is -2.21. The maximum Gasteiger partial charge on any atom is 0.0355 e. The van der Waals surface area contributed by atoms with Gasteiger partial charge in [-0.1, -0.05) is 190 Å². The van der Waals surface area contributed by atoms with Crippen LogP contribution in [0.3, 0.4) is 0 Å². The molecule has 8 aromatic rings. The van der Waals surface area contributed by atoms with Gasteiger partial charge in [-0.2, -0.15) is 0 Å². The lowest BCUT2D eigenvalue weighted by molar-refractivity contribution is 0.659. The predicted octanol–water partition coefficient (Wildman–Crippen LogP) is 17.8. The topological polar surface area (TPSA) is 0 Å². The van der Waals surface area contributed by atoms with Crippen LogP contribution in [0.1, 0.15) is 82.6 Å². The molecule has 0 atom stereocenters. The van der Waals surface area contributed by atoms with E-state index in [9.17, 15) is 0 Å². The van der Waals surface area contributed by atoms with Crippen LogP contribution in [0, 0.1) is 6.92 Å². The van der Waals surface area contributed by atoms with Crippen LogP contribution in [-0.2, 0) is 18.3 Å². The average molecular weight is 843 g/mol. The lowest BCUT2D eigenvalue weighted by Crippen LogP contribution is -2.15. The van der Waals surface area contributed by atoms with Crippen molar-refractivity contribution in [3.8, 4) is 33.4 Å². The Morgan fingerprint density at radius 1 is 0.688 bits per heavy atom. The minimum absolute atomic E-state index is 0.00181. The molecule has 0 amide bonds. The Morgan fingerprint density at radius 3 is 2.20 bits per heavy atom. The second kappa shape index (κ2) is 18.0. The van der Waals surface area contributed by atoms with Gasteiger partial charge in [0.05, 0.1) is 0 Å². The Kier molecular flexibility index (Phi) is 11.9. The highest BCUT2D eigenvalue weighted by Gasteiger charge is 2.35. The van der Waals surface area contributed by atoms with Gasteiger partial charge in [-0.15, -0.1) is 17.1 Å². The summed E-state index contributed by atoms with van der Waals surface area (Å²) in [7, 11) is 0. The molecule has 2 aliphatic rings. The third kappa shape index (κ3) is 7.95. The van der Waals surface area contributed by atoms with Gasteiger partial charge in [0.1, 0.15) is 0 Å². The Balaban J connectivity index is 0.000000594. The summed E-state index contributed by atoms with van der Waals surface area (Å²) in [6, 6.07) is 49.7. The second-order valence-corrected chi connectivity index (χ2v) is 18.5. The van der Waals surface area contributed by atoms with E-state index in [1.807, 2.05) is 55.6 Å². The summed E-state index contributed by atoms with van der Waals surface area (Å²) >= 11 is 1.82. The number of hydrogen-bond acceptors (Lipinski definition) is 1. The quantitative estimate of drug-likeness (QED) is 0.0950. The van der Waals surface area contributed by atoms with Crippen molar-refractivity contribution in [2.75, 3.05) is 0 Å². The molecule has 0 unspecified atom stereocenters. The van der Waals surface area contributed by atoms with Crippen LogP contribution in [0.25, 0.3) is 78.5 Å². The van der Waals surface area contributed by atoms with E-state index in [-0.39, 0.29) is 5.41 Å². The van der Waals surface area contributed by atoms with Crippen molar-refractivity contribution in [2.45, 2.75) is 52.9 Å². The van der Waals surface area contributed by atoms with Crippen molar-refractivity contribution in [2.24, 2.45) is 0 Å². The summed E-state index contributed by atoms with van der Waals surface area (Å²) in [6.45, 7) is 18.8. The fourth-order valence-electron chi connectivity index (χ4n) is 9.62. The van der Waals surface area contributed by atoms with Gasteiger partial charge in [0.25, 0.3) is 0 Å². The Labute approximate surface area is 384 Å². The summed E-state index contributed by atoms with van der Waals surface area (Å²) in [5.41, 5.74) is 24.3. The van der Waals surface area contributed by atoms with E-state index in [2.05, 4.69) is 197 Å². The number of rotatable bonds is 10. The van der Waals surface area contributed by atoms with E-state index in [4.69, 9.17) is 0 Å². The van der Waals surface area contributed by atoms with Gasteiger partial charge in [0.2, 0.25) is 0 Å². The van der Waals surface area contributed by atoms with E-state index in [1.165, 1.54) is 115 Å².